The molecule has 17 heavy (non-hydrogen) atoms. The molecule has 0 saturated heterocycles. The Kier molecular flexibility index (Phi) is 5.55. The van der Waals surface area contributed by atoms with Crippen LogP contribution in [-0.2, 0) is 0 Å². The molecule has 1 unspecified atom stereocenters. The molecule has 1 atom stereocenters. The second kappa shape index (κ2) is 6.95. The molecule has 0 radical (unpaired) electrons. The van der Waals surface area contributed by atoms with Crippen molar-refractivity contribution in [2.24, 2.45) is 0 Å². The highest BCUT2D eigenvalue weighted by molar-refractivity contribution is 5.39. The van der Waals surface area contributed by atoms with E-state index in [9.17, 15) is 0 Å². The summed E-state index contributed by atoms with van der Waals surface area (Å²) in [5.41, 5.74) is 4.06. The van der Waals surface area contributed by atoms with E-state index < -0.39 is 0 Å². The van der Waals surface area contributed by atoms with Gasteiger partial charge in [-0.3, -0.25) is 0 Å². The fraction of sp³-hybridized carbons (Fsp3) is 0.375. The third-order valence-electron chi connectivity index (χ3n) is 3.04. The Morgan fingerprint density at radius 2 is 1.94 bits per heavy atom. The van der Waals surface area contributed by atoms with Gasteiger partial charge in [-0.25, -0.2) is 0 Å². The Hall–Kier alpha value is -1.50. The van der Waals surface area contributed by atoms with Crippen LogP contribution in [0.2, 0.25) is 0 Å². The molecule has 1 aliphatic rings. The van der Waals surface area contributed by atoms with Crippen molar-refractivity contribution in [3.05, 3.63) is 59.9 Å². The van der Waals surface area contributed by atoms with E-state index in [1.165, 1.54) is 16.8 Å². The predicted octanol–water partition coefficient (Wildman–Crippen LogP) is 4.28. The van der Waals surface area contributed by atoms with E-state index in [0.29, 0.717) is 6.04 Å². The van der Waals surface area contributed by atoms with E-state index in [-0.39, 0.29) is 0 Å². The molecule has 0 bridgehead atoms. The fourth-order valence-corrected chi connectivity index (χ4v) is 2.23. The SMILES string of the molecule is C=C/C=C1/CC(NC(/C=C\C)=C/C)C/C1=C/C. The second-order valence-electron chi connectivity index (χ2n) is 4.24. The van der Waals surface area contributed by atoms with E-state index in [4.69, 9.17) is 0 Å². The van der Waals surface area contributed by atoms with Crippen LogP contribution in [0.1, 0.15) is 33.6 Å². The van der Waals surface area contributed by atoms with Gasteiger partial charge in [0.25, 0.3) is 0 Å². The number of hydrogen-bond donors (Lipinski definition) is 1. The van der Waals surface area contributed by atoms with Crippen LogP contribution in [0.15, 0.2) is 59.9 Å². The molecule has 0 aliphatic heterocycles. The van der Waals surface area contributed by atoms with Gasteiger partial charge >= 0.3 is 0 Å². The van der Waals surface area contributed by atoms with E-state index in [1.54, 1.807) is 0 Å². The normalized spacial score (nSPS) is 26.1. The summed E-state index contributed by atoms with van der Waals surface area (Å²) in [5, 5.41) is 3.58. The van der Waals surface area contributed by atoms with E-state index >= 15 is 0 Å². The molecule has 1 saturated carbocycles. The maximum absolute atomic E-state index is 3.78. The molecule has 92 valence electrons. The summed E-state index contributed by atoms with van der Waals surface area (Å²) in [5.74, 6) is 0. The average molecular weight is 229 g/mol. The monoisotopic (exact) mass is 229 g/mol. The Morgan fingerprint density at radius 3 is 2.47 bits per heavy atom. The lowest BCUT2D eigenvalue weighted by Gasteiger charge is -2.13. The zero-order valence-corrected chi connectivity index (χ0v) is 11.2. The Balaban J connectivity index is 2.72. The highest BCUT2D eigenvalue weighted by Gasteiger charge is 2.22. The van der Waals surface area contributed by atoms with Crippen LogP contribution in [0.5, 0.6) is 0 Å². The number of hydrogen-bond acceptors (Lipinski definition) is 1. The smallest absolute Gasteiger partial charge is 0.0341 e. The minimum Gasteiger partial charge on any atom is -0.382 e. The zero-order chi connectivity index (χ0) is 12.7. The van der Waals surface area contributed by atoms with Gasteiger partial charge < -0.3 is 5.32 Å². The van der Waals surface area contributed by atoms with Crippen LogP contribution in [0, 0.1) is 0 Å². The molecule has 0 heterocycles. The molecule has 0 aromatic heterocycles. The minimum atomic E-state index is 0.509. The van der Waals surface area contributed by atoms with Gasteiger partial charge in [0, 0.05) is 11.7 Å². The molecule has 0 spiro atoms. The largest absolute Gasteiger partial charge is 0.382 e. The fourth-order valence-electron chi connectivity index (χ4n) is 2.23. The van der Waals surface area contributed by atoms with E-state index in [1.807, 2.05) is 13.0 Å². The van der Waals surface area contributed by atoms with Crippen molar-refractivity contribution in [2.75, 3.05) is 0 Å². The third kappa shape index (κ3) is 3.77. The molecule has 0 aromatic rings. The molecule has 0 aromatic carbocycles. The van der Waals surface area contributed by atoms with E-state index in [0.717, 1.165) is 12.8 Å². The maximum Gasteiger partial charge on any atom is 0.0341 e. The number of allylic oxidation sites excluding steroid dienone is 6. The van der Waals surface area contributed by atoms with Gasteiger partial charge in [-0.1, -0.05) is 37.0 Å². The van der Waals surface area contributed by atoms with Crippen molar-refractivity contribution >= 4 is 0 Å². The molecule has 1 aliphatic carbocycles. The predicted molar refractivity (Wildman–Crippen MR) is 76.8 cm³/mol. The Labute approximate surface area is 105 Å². The topological polar surface area (TPSA) is 12.0 Å². The molecular weight excluding hydrogens is 206 g/mol. The number of nitrogens with one attached hydrogen (secondary N) is 1. The Bertz CT molecular complexity index is 380. The van der Waals surface area contributed by atoms with Gasteiger partial charge in [-0.2, -0.15) is 0 Å². The zero-order valence-electron chi connectivity index (χ0n) is 11.2. The van der Waals surface area contributed by atoms with Crippen molar-refractivity contribution < 1.29 is 0 Å². The first-order valence-corrected chi connectivity index (χ1v) is 6.27. The summed E-state index contributed by atoms with van der Waals surface area (Å²) in [6, 6.07) is 0.509. The third-order valence-corrected chi connectivity index (χ3v) is 3.04. The van der Waals surface area contributed by atoms with Gasteiger partial charge in [0.2, 0.25) is 0 Å². The first-order valence-electron chi connectivity index (χ1n) is 6.27. The minimum absolute atomic E-state index is 0.509. The van der Waals surface area contributed by atoms with Crippen LogP contribution in [0.3, 0.4) is 0 Å². The van der Waals surface area contributed by atoms with Crippen LogP contribution >= 0.6 is 0 Å². The molecule has 0 amide bonds. The average Bonchev–Trinajstić information content (AvgIpc) is 2.71. The maximum atomic E-state index is 3.78. The summed E-state index contributed by atoms with van der Waals surface area (Å²) in [7, 11) is 0. The van der Waals surface area contributed by atoms with Crippen LogP contribution in [0.25, 0.3) is 0 Å². The van der Waals surface area contributed by atoms with Gasteiger partial charge in [-0.05, 0) is 50.8 Å². The van der Waals surface area contributed by atoms with Crippen molar-refractivity contribution in [2.45, 2.75) is 39.7 Å². The molecule has 1 fully saturated rings. The van der Waals surface area contributed by atoms with Gasteiger partial charge in [0.1, 0.15) is 0 Å². The molecule has 1 nitrogen and oxygen atoms in total. The van der Waals surface area contributed by atoms with Crippen LogP contribution in [0.4, 0.5) is 0 Å². The molecule has 1 N–H and O–H groups in total. The highest BCUT2D eigenvalue weighted by Crippen LogP contribution is 2.31. The lowest BCUT2D eigenvalue weighted by Crippen LogP contribution is -2.24. The molecule has 1 rings (SSSR count). The van der Waals surface area contributed by atoms with Crippen LogP contribution in [-0.4, -0.2) is 6.04 Å². The van der Waals surface area contributed by atoms with Crippen LogP contribution < -0.4 is 5.32 Å². The lowest BCUT2D eigenvalue weighted by atomic mass is 10.1. The van der Waals surface area contributed by atoms with Crippen molar-refractivity contribution in [1.82, 2.24) is 5.32 Å². The highest BCUT2D eigenvalue weighted by atomic mass is 14.9. The first-order chi connectivity index (χ1) is 8.24. The number of rotatable bonds is 4. The summed E-state index contributed by atoms with van der Waals surface area (Å²) in [6.07, 6.45) is 14.7. The molecular formula is C16H23N. The molecule has 1 heteroatoms. The van der Waals surface area contributed by atoms with Gasteiger partial charge in [0.05, 0.1) is 0 Å². The standard InChI is InChI=1S/C16H23N/c1-5-9-14-12-16(11-13(14)7-3)17-15(8-4)10-6-2/h5-10,16-17H,1,11-12H2,2-4H3/b10-6-,13-7-,14-9-,15-8+. The summed E-state index contributed by atoms with van der Waals surface area (Å²) in [6.45, 7) is 9.99. The van der Waals surface area contributed by atoms with Gasteiger partial charge in [-0.15, -0.1) is 0 Å². The summed E-state index contributed by atoms with van der Waals surface area (Å²) < 4.78 is 0. The van der Waals surface area contributed by atoms with E-state index in [2.05, 4.69) is 56.1 Å². The van der Waals surface area contributed by atoms with Crippen molar-refractivity contribution in [3.8, 4) is 0 Å². The quantitative estimate of drug-likeness (QED) is 0.710. The van der Waals surface area contributed by atoms with Crippen molar-refractivity contribution in [1.29, 1.82) is 0 Å². The first kappa shape index (κ1) is 13.6. The summed E-state index contributed by atoms with van der Waals surface area (Å²) in [4.78, 5) is 0. The summed E-state index contributed by atoms with van der Waals surface area (Å²) >= 11 is 0. The van der Waals surface area contributed by atoms with Gasteiger partial charge in [0.15, 0.2) is 0 Å². The van der Waals surface area contributed by atoms with Crippen molar-refractivity contribution in [3.63, 3.8) is 0 Å². The lowest BCUT2D eigenvalue weighted by molar-refractivity contribution is 0.613. The Morgan fingerprint density at radius 1 is 1.24 bits per heavy atom. The second-order valence-corrected chi connectivity index (χ2v) is 4.24.